The molecular weight excluding hydrogens is 653 g/mol. The molecule has 0 saturated carbocycles. The van der Waals surface area contributed by atoms with E-state index >= 15 is 0 Å². The Morgan fingerprint density at radius 2 is 1.15 bits per heavy atom. The van der Waals surface area contributed by atoms with Gasteiger partial charge < -0.3 is 0 Å². The molecule has 0 aliphatic rings. The molecule has 266 valence electrons. The molecule has 0 saturated heterocycles. The lowest BCUT2D eigenvalue weighted by molar-refractivity contribution is 1.27. The van der Waals surface area contributed by atoms with Gasteiger partial charge in [-0.3, -0.25) is 0 Å². The molecule has 7 aromatic rings. The van der Waals surface area contributed by atoms with Gasteiger partial charge in [-0.05, 0) is 127 Å². The van der Waals surface area contributed by atoms with Crippen LogP contribution in [0.25, 0.3) is 33.2 Å². The molecule has 1 heterocycles. The van der Waals surface area contributed by atoms with Gasteiger partial charge in [0.2, 0.25) is 0 Å². The van der Waals surface area contributed by atoms with Crippen molar-refractivity contribution in [1.29, 1.82) is 0 Å². The van der Waals surface area contributed by atoms with Gasteiger partial charge >= 0.3 is 0 Å². The molecule has 54 heavy (non-hydrogen) atoms. The Kier molecular flexibility index (Phi) is 12.4. The van der Waals surface area contributed by atoms with Crippen LogP contribution in [0.1, 0.15) is 65.3 Å². The quantitative estimate of drug-likeness (QED) is 0.109. The van der Waals surface area contributed by atoms with Crippen LogP contribution in [-0.4, -0.2) is 10.7 Å². The third kappa shape index (κ3) is 9.53. The van der Waals surface area contributed by atoms with Crippen molar-refractivity contribution in [2.75, 3.05) is 0 Å². The summed E-state index contributed by atoms with van der Waals surface area (Å²) in [7, 11) is 0. The summed E-state index contributed by atoms with van der Waals surface area (Å²) in [4.78, 5) is 9.69. The normalized spacial score (nSPS) is 12.1. The van der Waals surface area contributed by atoms with Crippen molar-refractivity contribution >= 4 is 44.7 Å². The Labute approximate surface area is 321 Å². The summed E-state index contributed by atoms with van der Waals surface area (Å²) in [6.07, 6.45) is 3.11. The van der Waals surface area contributed by atoms with Gasteiger partial charge in [0.05, 0.1) is 5.52 Å². The molecule has 2 heteroatoms. The summed E-state index contributed by atoms with van der Waals surface area (Å²) in [5, 5.41) is 1.13. The van der Waals surface area contributed by atoms with Crippen molar-refractivity contribution < 1.29 is 0 Å². The van der Waals surface area contributed by atoms with E-state index in [-0.39, 0.29) is 0 Å². The third-order valence-electron chi connectivity index (χ3n) is 9.63. The Morgan fingerprint density at radius 3 is 1.83 bits per heavy atom. The summed E-state index contributed by atoms with van der Waals surface area (Å²) in [5.41, 5.74) is 16.5. The lowest BCUT2D eigenvalue weighted by atomic mass is 9.91. The van der Waals surface area contributed by atoms with Crippen molar-refractivity contribution in [2.45, 2.75) is 41.0 Å². The molecule has 0 bridgehead atoms. The van der Waals surface area contributed by atoms with Crippen molar-refractivity contribution in [3.8, 4) is 0 Å². The zero-order chi connectivity index (χ0) is 37.9. The predicted molar refractivity (Wildman–Crippen MR) is 234 cm³/mol. The van der Waals surface area contributed by atoms with E-state index in [9.17, 15) is 0 Å². The van der Waals surface area contributed by atoms with Crippen LogP contribution >= 0.6 is 0 Å². The predicted octanol–water partition coefficient (Wildman–Crippen LogP) is 14.0. The zero-order valence-electron chi connectivity index (χ0n) is 32.1. The molecule has 0 atom stereocenters. The Morgan fingerprint density at radius 1 is 0.574 bits per heavy atom. The molecule has 7 rings (SSSR count). The second kappa shape index (κ2) is 17.9. The van der Waals surface area contributed by atoms with Crippen LogP contribution in [0.5, 0.6) is 0 Å². The van der Waals surface area contributed by atoms with Crippen LogP contribution < -0.4 is 0 Å². The SMILES string of the molecule is C/C(=C(\Cc1ccccc1)c1ccccc1)c1ccccc1.C=C(C)c1cccc(/C(=C/C(C)=Nc2nc3ccccc3cc2C)c2ccccc2C)c1. The highest BCUT2D eigenvalue weighted by Crippen LogP contribution is 2.31. The van der Waals surface area contributed by atoms with Crippen LogP contribution in [0.3, 0.4) is 0 Å². The maximum Gasteiger partial charge on any atom is 0.155 e. The molecular formula is C52H48N2. The molecule has 0 aliphatic heterocycles. The number of benzene rings is 6. The largest absolute Gasteiger partial charge is 0.234 e. The standard InChI is InChI=1S/C30H28N2.C22H20/c1-20(2)24-13-10-14-25(19-24)28(27-15-8-6-11-21(27)3)18-23(5)31-30-22(4)17-26-12-7-9-16-29(26)32-30;1-18(20-13-7-3-8-14-20)22(21-15-9-4-10-16-21)17-19-11-5-2-6-12-19/h6-19H,1H2,2-5H3;2-16H,17H2,1H3/b28-18-,31-23?;22-18-. The van der Waals surface area contributed by atoms with Crippen molar-refractivity contribution in [1.82, 2.24) is 4.98 Å². The fourth-order valence-corrected chi connectivity index (χ4v) is 6.63. The molecule has 0 spiro atoms. The Bertz CT molecular complexity index is 2450. The fourth-order valence-electron chi connectivity index (χ4n) is 6.63. The molecule has 1 aromatic heterocycles. The number of fused-ring (bicyclic) bond motifs is 1. The van der Waals surface area contributed by atoms with E-state index in [0.717, 1.165) is 56.7 Å². The van der Waals surface area contributed by atoms with Crippen LogP contribution in [0, 0.1) is 13.8 Å². The first kappa shape index (κ1) is 37.4. The molecule has 6 aromatic carbocycles. The fraction of sp³-hybridized carbons (Fsp3) is 0.115. The zero-order valence-corrected chi connectivity index (χ0v) is 32.1. The number of pyridine rings is 1. The van der Waals surface area contributed by atoms with E-state index in [0.29, 0.717) is 0 Å². The number of aliphatic imine (C=N–C) groups is 1. The maximum atomic E-state index is 4.90. The van der Waals surface area contributed by atoms with Gasteiger partial charge in [0.25, 0.3) is 0 Å². The highest BCUT2D eigenvalue weighted by atomic mass is 14.9. The average molecular weight is 701 g/mol. The second-order valence-electron chi connectivity index (χ2n) is 13.8. The van der Waals surface area contributed by atoms with Crippen LogP contribution in [0.4, 0.5) is 5.82 Å². The van der Waals surface area contributed by atoms with Gasteiger partial charge in [0.1, 0.15) is 0 Å². The molecule has 2 nitrogen and oxygen atoms in total. The Balaban J connectivity index is 0.000000197. The van der Waals surface area contributed by atoms with Gasteiger partial charge in [-0.25, -0.2) is 9.98 Å². The number of hydrogen-bond donors (Lipinski definition) is 0. The maximum absolute atomic E-state index is 4.90. The topological polar surface area (TPSA) is 25.2 Å². The molecule has 0 amide bonds. The van der Waals surface area contributed by atoms with Crippen molar-refractivity contribution in [3.05, 3.63) is 227 Å². The summed E-state index contributed by atoms with van der Waals surface area (Å²) >= 11 is 0. The first-order valence-corrected chi connectivity index (χ1v) is 18.6. The summed E-state index contributed by atoms with van der Waals surface area (Å²) < 4.78 is 0. The highest BCUT2D eigenvalue weighted by Gasteiger charge is 2.11. The minimum Gasteiger partial charge on any atom is -0.234 e. The summed E-state index contributed by atoms with van der Waals surface area (Å²) in [6, 6.07) is 59.3. The summed E-state index contributed by atoms with van der Waals surface area (Å²) in [5.74, 6) is 0.761. The average Bonchev–Trinajstić information content (AvgIpc) is 3.21. The number of hydrogen-bond acceptors (Lipinski definition) is 2. The number of aromatic nitrogens is 1. The van der Waals surface area contributed by atoms with Crippen molar-refractivity contribution in [2.24, 2.45) is 4.99 Å². The van der Waals surface area contributed by atoms with E-state index in [1.54, 1.807) is 0 Å². The van der Waals surface area contributed by atoms with Gasteiger partial charge in [0, 0.05) is 11.1 Å². The monoisotopic (exact) mass is 700 g/mol. The first-order valence-electron chi connectivity index (χ1n) is 18.6. The minimum atomic E-state index is 0.761. The van der Waals surface area contributed by atoms with Gasteiger partial charge in [0.15, 0.2) is 5.82 Å². The number of allylic oxidation sites excluding steroid dienone is 4. The Hall–Kier alpha value is -6.38. The minimum absolute atomic E-state index is 0.761. The molecule has 0 aliphatic carbocycles. The lowest BCUT2D eigenvalue weighted by Gasteiger charge is -2.14. The highest BCUT2D eigenvalue weighted by molar-refractivity contribution is 6.04. The van der Waals surface area contributed by atoms with Crippen LogP contribution in [0.15, 0.2) is 188 Å². The summed E-state index contributed by atoms with van der Waals surface area (Å²) in [6.45, 7) is 14.6. The van der Waals surface area contributed by atoms with Crippen LogP contribution in [-0.2, 0) is 6.42 Å². The van der Waals surface area contributed by atoms with Crippen molar-refractivity contribution in [3.63, 3.8) is 0 Å². The number of nitrogens with zero attached hydrogens (tertiary/aromatic N) is 2. The van der Waals surface area contributed by atoms with E-state index in [2.05, 4.69) is 185 Å². The van der Waals surface area contributed by atoms with Crippen LogP contribution in [0.2, 0.25) is 0 Å². The van der Waals surface area contributed by atoms with E-state index < -0.39 is 0 Å². The van der Waals surface area contributed by atoms with E-state index in [4.69, 9.17) is 9.98 Å². The number of rotatable bonds is 9. The van der Waals surface area contributed by atoms with Gasteiger partial charge in [-0.2, -0.15) is 0 Å². The van der Waals surface area contributed by atoms with Gasteiger partial charge in [-0.1, -0.05) is 164 Å². The lowest BCUT2D eigenvalue weighted by Crippen LogP contribution is -1.97. The second-order valence-corrected chi connectivity index (χ2v) is 13.8. The molecule has 0 radical (unpaired) electrons. The van der Waals surface area contributed by atoms with Gasteiger partial charge in [-0.15, -0.1) is 0 Å². The number of para-hydroxylation sites is 1. The molecule has 0 fully saturated rings. The van der Waals surface area contributed by atoms with E-state index in [1.165, 1.54) is 39.0 Å². The first-order chi connectivity index (χ1) is 26.3. The third-order valence-corrected chi connectivity index (χ3v) is 9.63. The molecule has 0 N–H and O–H groups in total. The smallest absolute Gasteiger partial charge is 0.155 e. The molecule has 0 unspecified atom stereocenters. The number of aryl methyl sites for hydroxylation is 2. The van der Waals surface area contributed by atoms with E-state index in [1.807, 2.05) is 32.0 Å².